The maximum Gasteiger partial charge on any atom is 0.236 e. The van der Waals surface area contributed by atoms with Gasteiger partial charge in [-0.1, -0.05) is 23.4 Å². The average molecular weight is 358 g/mol. The van der Waals surface area contributed by atoms with Gasteiger partial charge in [0.25, 0.3) is 0 Å². The van der Waals surface area contributed by atoms with E-state index in [1.807, 2.05) is 39.6 Å². The number of nitrogens with zero attached hydrogens (tertiary/aromatic N) is 4. The normalized spacial score (nSPS) is 11.3. The summed E-state index contributed by atoms with van der Waals surface area (Å²) in [7, 11) is 0. The molecule has 0 radical (unpaired) electrons. The Kier molecular flexibility index (Phi) is 3.60. The van der Waals surface area contributed by atoms with Crippen LogP contribution in [0.25, 0.3) is 28.0 Å². The van der Waals surface area contributed by atoms with Crippen LogP contribution in [0.3, 0.4) is 0 Å². The molecule has 0 aliphatic heterocycles. The van der Waals surface area contributed by atoms with Crippen molar-refractivity contribution in [2.75, 3.05) is 0 Å². The lowest BCUT2D eigenvalue weighted by atomic mass is 10.1. The van der Waals surface area contributed by atoms with Crippen LogP contribution in [0.15, 0.2) is 84.0 Å². The van der Waals surface area contributed by atoms with Crippen molar-refractivity contribution < 1.29 is 8.91 Å². The fourth-order valence-electron chi connectivity index (χ4n) is 3.27. The van der Waals surface area contributed by atoms with Crippen LogP contribution in [-0.2, 0) is 6.54 Å². The molecule has 132 valence electrons. The molecule has 0 N–H and O–H groups in total. The van der Waals surface area contributed by atoms with Gasteiger partial charge in [-0.2, -0.15) is 0 Å². The Bertz CT molecular complexity index is 1200. The van der Waals surface area contributed by atoms with Crippen molar-refractivity contribution in [2.24, 2.45) is 0 Å². The molecule has 5 rings (SSSR count). The molecule has 27 heavy (non-hydrogen) atoms. The van der Waals surface area contributed by atoms with Gasteiger partial charge in [0, 0.05) is 35.6 Å². The van der Waals surface area contributed by atoms with Gasteiger partial charge >= 0.3 is 0 Å². The molecule has 0 spiro atoms. The number of imidazole rings is 1. The number of aromatic nitrogens is 4. The summed E-state index contributed by atoms with van der Waals surface area (Å²) in [5.74, 6) is 0.338. The summed E-state index contributed by atoms with van der Waals surface area (Å²) in [4.78, 5) is 4.11. The molecule has 0 fully saturated rings. The molecule has 5 aromatic rings. The van der Waals surface area contributed by atoms with Crippen LogP contribution in [0.5, 0.6) is 0 Å². The van der Waals surface area contributed by atoms with Crippen LogP contribution in [0, 0.1) is 5.82 Å². The summed E-state index contributed by atoms with van der Waals surface area (Å²) in [6.45, 7) is 0.715. The molecule has 6 heteroatoms. The van der Waals surface area contributed by atoms with Gasteiger partial charge < -0.3 is 9.09 Å². The Morgan fingerprint density at radius 3 is 2.70 bits per heavy atom. The highest BCUT2D eigenvalue weighted by Crippen LogP contribution is 2.28. The smallest absolute Gasteiger partial charge is 0.236 e. The fraction of sp³-hybridized carbons (Fsp3) is 0.0476. The summed E-state index contributed by atoms with van der Waals surface area (Å²) < 4.78 is 22.8. The molecular weight excluding hydrogens is 343 g/mol. The van der Waals surface area contributed by atoms with Crippen molar-refractivity contribution in [1.29, 1.82) is 0 Å². The van der Waals surface area contributed by atoms with Crippen LogP contribution in [0.2, 0.25) is 0 Å². The number of benzene rings is 2. The number of hydrogen-bond donors (Lipinski definition) is 0. The minimum atomic E-state index is -0.275. The van der Waals surface area contributed by atoms with Crippen LogP contribution in [0.1, 0.15) is 5.56 Å². The Balaban J connectivity index is 1.58. The molecular formula is C21H15FN4O. The first kappa shape index (κ1) is 15.6. The SMILES string of the molecule is Fc1ccc(-c2cc(-n3cc(Cn4ccnc4)c4ccccc43)on2)cc1. The van der Waals surface area contributed by atoms with E-state index in [2.05, 4.69) is 22.4 Å². The quantitative estimate of drug-likeness (QED) is 0.469. The van der Waals surface area contributed by atoms with E-state index < -0.39 is 0 Å². The lowest BCUT2D eigenvalue weighted by Crippen LogP contribution is -1.95. The van der Waals surface area contributed by atoms with Gasteiger partial charge in [0.15, 0.2) is 0 Å². The van der Waals surface area contributed by atoms with Gasteiger partial charge in [-0.05, 0) is 35.9 Å². The Morgan fingerprint density at radius 1 is 1.04 bits per heavy atom. The third-order valence-corrected chi connectivity index (χ3v) is 4.58. The molecule has 0 aliphatic rings. The number of hydrogen-bond acceptors (Lipinski definition) is 3. The highest BCUT2D eigenvalue weighted by molar-refractivity contribution is 5.85. The standard InChI is InChI=1S/C21H15FN4O/c22-17-7-5-15(6-8-17)19-11-21(27-24-19)26-13-16(12-25-10-9-23-14-25)18-3-1-2-4-20(18)26/h1-11,13-14H,12H2. The monoisotopic (exact) mass is 358 g/mol. The van der Waals surface area contributed by atoms with Gasteiger partial charge in [0.2, 0.25) is 5.88 Å². The van der Waals surface area contributed by atoms with Crippen LogP contribution >= 0.6 is 0 Å². The van der Waals surface area contributed by atoms with E-state index in [4.69, 9.17) is 4.52 Å². The van der Waals surface area contributed by atoms with Gasteiger partial charge in [-0.25, -0.2) is 9.37 Å². The predicted molar refractivity (Wildman–Crippen MR) is 100 cm³/mol. The Labute approximate surface area is 154 Å². The number of halogens is 1. The second-order valence-electron chi connectivity index (χ2n) is 6.33. The fourth-order valence-corrected chi connectivity index (χ4v) is 3.27. The molecule has 0 unspecified atom stereocenters. The molecule has 5 nitrogen and oxygen atoms in total. The predicted octanol–water partition coefficient (Wildman–Crippen LogP) is 4.67. The summed E-state index contributed by atoms with van der Waals surface area (Å²) >= 11 is 0. The highest BCUT2D eigenvalue weighted by atomic mass is 19.1. The zero-order chi connectivity index (χ0) is 18.2. The van der Waals surface area contributed by atoms with E-state index in [1.165, 1.54) is 12.1 Å². The number of rotatable bonds is 4. The first-order chi connectivity index (χ1) is 13.3. The summed E-state index contributed by atoms with van der Waals surface area (Å²) in [5.41, 5.74) is 3.66. The van der Waals surface area contributed by atoms with Crippen molar-refractivity contribution in [2.45, 2.75) is 6.54 Å². The number of fused-ring (bicyclic) bond motifs is 1. The minimum absolute atomic E-state index is 0.275. The van der Waals surface area contributed by atoms with Gasteiger partial charge in [-0.3, -0.25) is 4.57 Å². The largest absolute Gasteiger partial charge is 0.337 e. The van der Waals surface area contributed by atoms with E-state index >= 15 is 0 Å². The van der Waals surface area contributed by atoms with Gasteiger partial charge in [-0.15, -0.1) is 0 Å². The first-order valence-corrected chi connectivity index (χ1v) is 8.56. The summed E-state index contributed by atoms with van der Waals surface area (Å²) in [6.07, 6.45) is 7.56. The summed E-state index contributed by atoms with van der Waals surface area (Å²) in [5, 5.41) is 5.30. The molecule has 3 aromatic heterocycles. The third-order valence-electron chi connectivity index (χ3n) is 4.58. The maximum atomic E-state index is 13.2. The third kappa shape index (κ3) is 2.81. The first-order valence-electron chi connectivity index (χ1n) is 8.56. The van der Waals surface area contributed by atoms with E-state index in [9.17, 15) is 4.39 Å². The van der Waals surface area contributed by atoms with Gasteiger partial charge in [0.05, 0.1) is 18.4 Å². The Hall–Kier alpha value is -3.67. The van der Waals surface area contributed by atoms with E-state index in [1.54, 1.807) is 24.7 Å². The topological polar surface area (TPSA) is 48.8 Å². The molecule has 0 atom stereocenters. The average Bonchev–Trinajstić information content (AvgIpc) is 3.43. The van der Waals surface area contributed by atoms with Crippen molar-refractivity contribution in [1.82, 2.24) is 19.3 Å². The molecule has 2 aromatic carbocycles. The molecule has 0 bridgehead atoms. The zero-order valence-corrected chi connectivity index (χ0v) is 14.3. The Morgan fingerprint density at radius 2 is 1.89 bits per heavy atom. The van der Waals surface area contributed by atoms with E-state index in [0.29, 0.717) is 18.1 Å². The van der Waals surface area contributed by atoms with Crippen molar-refractivity contribution in [3.8, 4) is 17.1 Å². The lowest BCUT2D eigenvalue weighted by Gasteiger charge is -1.99. The molecule has 0 saturated heterocycles. The van der Waals surface area contributed by atoms with E-state index in [0.717, 1.165) is 22.0 Å². The number of para-hydroxylation sites is 1. The van der Waals surface area contributed by atoms with Crippen LogP contribution in [-0.4, -0.2) is 19.3 Å². The van der Waals surface area contributed by atoms with Crippen LogP contribution < -0.4 is 0 Å². The summed E-state index contributed by atoms with van der Waals surface area (Å²) in [6, 6.07) is 16.2. The van der Waals surface area contributed by atoms with Crippen molar-refractivity contribution in [3.05, 3.63) is 90.9 Å². The van der Waals surface area contributed by atoms with Crippen molar-refractivity contribution in [3.63, 3.8) is 0 Å². The lowest BCUT2D eigenvalue weighted by molar-refractivity contribution is 0.410. The second-order valence-corrected chi connectivity index (χ2v) is 6.33. The molecule has 0 aliphatic carbocycles. The van der Waals surface area contributed by atoms with Crippen LogP contribution in [0.4, 0.5) is 4.39 Å². The molecule has 0 saturated carbocycles. The highest BCUT2D eigenvalue weighted by Gasteiger charge is 2.14. The van der Waals surface area contributed by atoms with E-state index in [-0.39, 0.29) is 5.82 Å². The zero-order valence-electron chi connectivity index (χ0n) is 14.3. The molecule has 3 heterocycles. The van der Waals surface area contributed by atoms with Gasteiger partial charge in [0.1, 0.15) is 11.5 Å². The second kappa shape index (κ2) is 6.25. The molecule has 0 amide bonds. The van der Waals surface area contributed by atoms with Crippen molar-refractivity contribution >= 4 is 10.9 Å². The minimum Gasteiger partial charge on any atom is -0.337 e. The maximum absolute atomic E-state index is 13.2.